The summed E-state index contributed by atoms with van der Waals surface area (Å²) in [7, 11) is 1.61. The quantitative estimate of drug-likeness (QED) is 0.784. The summed E-state index contributed by atoms with van der Waals surface area (Å²) < 4.78 is 33.7. The lowest BCUT2D eigenvalue weighted by Gasteiger charge is -2.14. The first-order valence-electron chi connectivity index (χ1n) is 7.15. The molecule has 23 heavy (non-hydrogen) atoms. The summed E-state index contributed by atoms with van der Waals surface area (Å²) in [4.78, 5) is 0. The number of alkyl halides is 2. The first-order chi connectivity index (χ1) is 11.1. The number of para-hydroxylation sites is 1. The van der Waals surface area contributed by atoms with Crippen molar-refractivity contribution >= 4 is 0 Å². The van der Waals surface area contributed by atoms with E-state index in [9.17, 15) is 13.9 Å². The summed E-state index contributed by atoms with van der Waals surface area (Å²) in [5.74, 6) is 0.848. The molecule has 0 heterocycles. The van der Waals surface area contributed by atoms with Gasteiger partial charge in [0.15, 0.2) is 0 Å². The zero-order valence-corrected chi connectivity index (χ0v) is 12.7. The van der Waals surface area contributed by atoms with Gasteiger partial charge < -0.3 is 19.9 Å². The van der Waals surface area contributed by atoms with Gasteiger partial charge in [-0.3, -0.25) is 0 Å². The first-order valence-corrected chi connectivity index (χ1v) is 7.15. The molecule has 2 N–H and O–H groups in total. The second kappa shape index (κ2) is 8.45. The molecular formula is C17H19F2NO3. The van der Waals surface area contributed by atoms with Crippen molar-refractivity contribution in [1.29, 1.82) is 0 Å². The Labute approximate surface area is 133 Å². The van der Waals surface area contributed by atoms with Crippen LogP contribution in [0.2, 0.25) is 0 Å². The lowest BCUT2D eigenvalue weighted by molar-refractivity contribution is -0.0498. The van der Waals surface area contributed by atoms with Crippen LogP contribution in [0.5, 0.6) is 11.5 Å². The average molecular weight is 323 g/mol. The number of methoxy groups -OCH3 is 1. The molecule has 0 aliphatic carbocycles. The Hall–Kier alpha value is -2.18. The molecule has 0 amide bonds. The SMILES string of the molecule is COc1ccccc1CNCC(O)c1ccc(OC(F)F)cc1. The third kappa shape index (κ3) is 5.19. The van der Waals surface area contributed by atoms with Gasteiger partial charge in [0.2, 0.25) is 0 Å². The fourth-order valence-corrected chi connectivity index (χ4v) is 2.18. The maximum atomic E-state index is 12.1. The van der Waals surface area contributed by atoms with Crippen molar-refractivity contribution in [2.45, 2.75) is 19.3 Å². The number of aliphatic hydroxyl groups is 1. The molecule has 0 radical (unpaired) electrons. The summed E-state index contributed by atoms with van der Waals surface area (Å²) in [5, 5.41) is 13.3. The normalized spacial score (nSPS) is 12.2. The lowest BCUT2D eigenvalue weighted by Crippen LogP contribution is -2.21. The van der Waals surface area contributed by atoms with Crippen molar-refractivity contribution in [1.82, 2.24) is 5.32 Å². The zero-order chi connectivity index (χ0) is 16.7. The van der Waals surface area contributed by atoms with Crippen LogP contribution in [0.4, 0.5) is 8.78 Å². The van der Waals surface area contributed by atoms with Gasteiger partial charge in [0, 0.05) is 18.7 Å². The largest absolute Gasteiger partial charge is 0.496 e. The summed E-state index contributed by atoms with van der Waals surface area (Å²) in [6.45, 7) is -1.98. The van der Waals surface area contributed by atoms with Crippen LogP contribution in [-0.4, -0.2) is 25.4 Å². The Morgan fingerprint density at radius 3 is 2.43 bits per heavy atom. The van der Waals surface area contributed by atoms with Crippen molar-refractivity contribution in [2.24, 2.45) is 0 Å². The minimum Gasteiger partial charge on any atom is -0.496 e. The third-order valence-corrected chi connectivity index (χ3v) is 3.34. The van der Waals surface area contributed by atoms with Crippen molar-refractivity contribution in [3.8, 4) is 11.5 Å². The molecule has 4 nitrogen and oxygen atoms in total. The van der Waals surface area contributed by atoms with Crippen LogP contribution in [0.15, 0.2) is 48.5 Å². The zero-order valence-electron chi connectivity index (χ0n) is 12.7. The number of aliphatic hydroxyl groups excluding tert-OH is 1. The number of rotatable bonds is 8. The van der Waals surface area contributed by atoms with E-state index in [1.165, 1.54) is 12.1 Å². The van der Waals surface area contributed by atoms with E-state index in [-0.39, 0.29) is 5.75 Å². The predicted octanol–water partition coefficient (Wildman–Crippen LogP) is 3.12. The van der Waals surface area contributed by atoms with Crippen molar-refractivity contribution in [2.75, 3.05) is 13.7 Å². The average Bonchev–Trinajstić information content (AvgIpc) is 2.55. The Bertz CT molecular complexity index is 605. The summed E-state index contributed by atoms with van der Waals surface area (Å²) >= 11 is 0. The minimum atomic E-state index is -2.85. The molecule has 0 fully saturated rings. The third-order valence-electron chi connectivity index (χ3n) is 3.34. The van der Waals surface area contributed by atoms with Crippen molar-refractivity contribution in [3.63, 3.8) is 0 Å². The molecule has 1 atom stereocenters. The summed E-state index contributed by atoms with van der Waals surface area (Å²) in [5.41, 5.74) is 1.61. The van der Waals surface area contributed by atoms with Gasteiger partial charge in [-0.25, -0.2) is 0 Å². The van der Waals surface area contributed by atoms with Gasteiger partial charge >= 0.3 is 6.61 Å². The van der Waals surface area contributed by atoms with Crippen LogP contribution in [0.1, 0.15) is 17.2 Å². The van der Waals surface area contributed by atoms with Gasteiger partial charge in [0.05, 0.1) is 13.2 Å². The molecule has 2 rings (SSSR count). The predicted molar refractivity (Wildman–Crippen MR) is 82.7 cm³/mol. The Morgan fingerprint density at radius 1 is 1.09 bits per heavy atom. The second-order valence-corrected chi connectivity index (χ2v) is 4.91. The fourth-order valence-electron chi connectivity index (χ4n) is 2.18. The number of hydrogen-bond acceptors (Lipinski definition) is 4. The molecule has 0 aromatic heterocycles. The van der Waals surface area contributed by atoms with Crippen LogP contribution < -0.4 is 14.8 Å². The van der Waals surface area contributed by atoms with E-state index in [0.717, 1.165) is 11.3 Å². The lowest BCUT2D eigenvalue weighted by atomic mass is 10.1. The van der Waals surface area contributed by atoms with Crippen LogP contribution in [0.25, 0.3) is 0 Å². The highest BCUT2D eigenvalue weighted by Gasteiger charge is 2.09. The molecule has 0 saturated carbocycles. The maximum absolute atomic E-state index is 12.1. The number of halogens is 2. The van der Waals surface area contributed by atoms with Crippen LogP contribution in [0, 0.1) is 0 Å². The molecule has 0 spiro atoms. The standard InChI is InChI=1S/C17H19F2NO3/c1-22-16-5-3-2-4-13(16)10-20-11-15(21)12-6-8-14(9-7-12)23-17(18)19/h2-9,15,17,20-21H,10-11H2,1H3. The highest BCUT2D eigenvalue weighted by Crippen LogP contribution is 2.20. The molecule has 2 aromatic rings. The highest BCUT2D eigenvalue weighted by atomic mass is 19.3. The highest BCUT2D eigenvalue weighted by molar-refractivity contribution is 5.33. The Kier molecular flexibility index (Phi) is 6.31. The molecule has 6 heteroatoms. The van der Waals surface area contributed by atoms with E-state index in [2.05, 4.69) is 10.1 Å². The molecular weight excluding hydrogens is 304 g/mol. The number of nitrogens with one attached hydrogen (secondary N) is 1. The molecule has 0 aliphatic rings. The number of hydrogen-bond donors (Lipinski definition) is 2. The molecule has 0 saturated heterocycles. The molecule has 0 bridgehead atoms. The van der Waals surface area contributed by atoms with Crippen molar-refractivity contribution < 1.29 is 23.4 Å². The van der Waals surface area contributed by atoms with E-state index < -0.39 is 12.7 Å². The van der Waals surface area contributed by atoms with Gasteiger partial charge in [-0.15, -0.1) is 0 Å². The molecule has 0 aliphatic heterocycles. The maximum Gasteiger partial charge on any atom is 0.387 e. The minimum absolute atomic E-state index is 0.0675. The van der Waals surface area contributed by atoms with Gasteiger partial charge in [-0.05, 0) is 23.8 Å². The first kappa shape index (κ1) is 17.2. The summed E-state index contributed by atoms with van der Waals surface area (Å²) in [6, 6.07) is 13.6. The second-order valence-electron chi connectivity index (χ2n) is 4.91. The van der Waals surface area contributed by atoms with Gasteiger partial charge in [-0.1, -0.05) is 30.3 Å². The molecule has 2 aromatic carbocycles. The number of ether oxygens (including phenoxy) is 2. The molecule has 124 valence electrons. The van der Waals surface area contributed by atoms with Crippen LogP contribution in [0.3, 0.4) is 0 Å². The molecule has 1 unspecified atom stereocenters. The van der Waals surface area contributed by atoms with Crippen LogP contribution in [-0.2, 0) is 6.54 Å². The van der Waals surface area contributed by atoms with E-state index >= 15 is 0 Å². The van der Waals surface area contributed by atoms with Crippen LogP contribution >= 0.6 is 0 Å². The Balaban J connectivity index is 1.86. The van der Waals surface area contributed by atoms with E-state index in [4.69, 9.17) is 4.74 Å². The topological polar surface area (TPSA) is 50.7 Å². The Morgan fingerprint density at radius 2 is 1.78 bits per heavy atom. The van der Waals surface area contributed by atoms with E-state index in [1.807, 2.05) is 24.3 Å². The fraction of sp³-hybridized carbons (Fsp3) is 0.294. The monoisotopic (exact) mass is 323 g/mol. The smallest absolute Gasteiger partial charge is 0.387 e. The van der Waals surface area contributed by atoms with E-state index in [0.29, 0.717) is 18.7 Å². The van der Waals surface area contributed by atoms with Crippen molar-refractivity contribution in [3.05, 3.63) is 59.7 Å². The number of benzene rings is 2. The van der Waals surface area contributed by atoms with Gasteiger partial charge in [0.25, 0.3) is 0 Å². The summed E-state index contributed by atoms with van der Waals surface area (Å²) in [6.07, 6.45) is -0.745. The van der Waals surface area contributed by atoms with E-state index in [1.54, 1.807) is 19.2 Å². The van der Waals surface area contributed by atoms with Gasteiger partial charge in [-0.2, -0.15) is 8.78 Å². The van der Waals surface area contributed by atoms with Gasteiger partial charge in [0.1, 0.15) is 11.5 Å².